The molecule has 1 radical (unpaired) electrons. The molecule has 13 heavy (non-hydrogen) atoms. The molecule has 1 nitrogen and oxygen atoms in total. The molecular formula is C9H18KOS2. The van der Waals surface area contributed by atoms with Crippen LogP contribution >= 0.6 is 24.8 Å². The van der Waals surface area contributed by atoms with Gasteiger partial charge < -0.3 is 4.74 Å². The summed E-state index contributed by atoms with van der Waals surface area (Å²) in [5.41, 5.74) is 0. The Bertz CT molecular complexity index is 131. The first-order valence-electron chi connectivity index (χ1n) is 4.56. The van der Waals surface area contributed by atoms with Gasteiger partial charge in [0.1, 0.15) is 0 Å². The van der Waals surface area contributed by atoms with Crippen molar-refractivity contribution >= 4 is 80.6 Å². The van der Waals surface area contributed by atoms with Gasteiger partial charge in [0.15, 0.2) is 0 Å². The smallest absolute Gasteiger partial charge is 0.216 e. The molecule has 1 atom stereocenters. The Balaban J connectivity index is 0. The molecule has 0 amide bonds. The maximum atomic E-state index is 5.19. The molecule has 4 heteroatoms. The van der Waals surface area contributed by atoms with E-state index in [4.69, 9.17) is 17.0 Å². The number of thiocarbonyl (C=S) groups is 1. The molecule has 0 aliphatic rings. The van der Waals surface area contributed by atoms with Crippen LogP contribution in [0.5, 0.6) is 0 Å². The topological polar surface area (TPSA) is 9.23 Å². The van der Waals surface area contributed by atoms with Gasteiger partial charge in [0.25, 0.3) is 0 Å². The fourth-order valence-corrected chi connectivity index (χ4v) is 1.23. The van der Waals surface area contributed by atoms with E-state index in [1.54, 1.807) is 0 Å². The third kappa shape index (κ3) is 11.8. The predicted molar refractivity (Wildman–Crippen MR) is 66.6 cm³/mol. The molecule has 0 aromatic rings. The Morgan fingerprint density at radius 2 is 2.08 bits per heavy atom. The minimum Gasteiger partial charge on any atom is -0.478 e. The average Bonchev–Trinajstić information content (AvgIpc) is 2.05. The summed E-state index contributed by atoms with van der Waals surface area (Å²) in [6.45, 7) is 5.13. The van der Waals surface area contributed by atoms with Gasteiger partial charge in [-0.3, -0.25) is 0 Å². The molecule has 0 saturated heterocycles. The molecule has 0 aliphatic heterocycles. The van der Waals surface area contributed by atoms with Crippen LogP contribution in [-0.4, -0.2) is 62.4 Å². The van der Waals surface area contributed by atoms with Crippen LogP contribution in [0.2, 0.25) is 0 Å². The summed E-state index contributed by atoms with van der Waals surface area (Å²) in [5.74, 6) is 0.648. The summed E-state index contributed by atoms with van der Waals surface area (Å²) in [6, 6.07) is 0. The van der Waals surface area contributed by atoms with Crippen molar-refractivity contribution in [1.82, 2.24) is 0 Å². The second-order valence-corrected chi connectivity index (χ2v) is 4.07. The van der Waals surface area contributed by atoms with Gasteiger partial charge in [-0.25, -0.2) is 0 Å². The zero-order valence-electron chi connectivity index (χ0n) is 8.88. The Labute approximate surface area is 135 Å². The van der Waals surface area contributed by atoms with E-state index in [0.29, 0.717) is 10.3 Å². The van der Waals surface area contributed by atoms with Crippen molar-refractivity contribution in [1.29, 1.82) is 0 Å². The van der Waals surface area contributed by atoms with Gasteiger partial charge >= 0.3 is 0 Å². The first kappa shape index (κ1) is 17.3. The molecule has 0 N–H and O–H groups in total. The van der Waals surface area contributed by atoms with Gasteiger partial charge in [0.2, 0.25) is 4.38 Å². The Kier molecular flexibility index (Phi) is 15.9. The first-order valence-corrected chi connectivity index (χ1v) is 5.41. The quantitative estimate of drug-likeness (QED) is 0.437. The summed E-state index contributed by atoms with van der Waals surface area (Å²) < 4.78 is 5.55. The van der Waals surface area contributed by atoms with E-state index in [2.05, 4.69) is 26.5 Å². The average molecular weight is 245 g/mol. The predicted octanol–water partition coefficient (Wildman–Crippen LogP) is 3.05. The van der Waals surface area contributed by atoms with Crippen LogP contribution in [-0.2, 0) is 4.74 Å². The van der Waals surface area contributed by atoms with Gasteiger partial charge in [-0.2, -0.15) is 0 Å². The fraction of sp³-hybridized carbons (Fsp3) is 0.889. The molecule has 0 saturated carbocycles. The standard InChI is InChI=1S/C9H18OS2.K/c1-3-5-6-8(4-2)7-10-9(11)12;/h8H,3-7H2,1-2H3,(H,11,12);. The number of hydrogen-bond acceptors (Lipinski definition) is 2. The van der Waals surface area contributed by atoms with Crippen molar-refractivity contribution in [3.63, 3.8) is 0 Å². The molecule has 73 valence electrons. The Morgan fingerprint density at radius 3 is 2.46 bits per heavy atom. The van der Waals surface area contributed by atoms with E-state index in [1.807, 2.05) is 0 Å². The summed E-state index contributed by atoms with van der Waals surface area (Å²) in [4.78, 5) is 0. The van der Waals surface area contributed by atoms with Gasteiger partial charge in [-0.1, -0.05) is 45.7 Å². The second kappa shape index (κ2) is 11.9. The number of ether oxygens (including phenoxy) is 1. The van der Waals surface area contributed by atoms with E-state index in [0.717, 1.165) is 13.0 Å². The monoisotopic (exact) mass is 245 g/mol. The summed E-state index contributed by atoms with van der Waals surface area (Å²) in [5, 5.41) is 0. The SMILES string of the molecule is CCCCC(CC)COC(=S)S.[K]. The maximum absolute atomic E-state index is 5.19. The van der Waals surface area contributed by atoms with Crippen LogP contribution in [0.1, 0.15) is 39.5 Å². The van der Waals surface area contributed by atoms with E-state index >= 15 is 0 Å². The van der Waals surface area contributed by atoms with Crippen LogP contribution in [0, 0.1) is 5.92 Å². The van der Waals surface area contributed by atoms with Crippen LogP contribution < -0.4 is 0 Å². The van der Waals surface area contributed by atoms with Gasteiger partial charge in [-0.15, -0.1) is 0 Å². The van der Waals surface area contributed by atoms with Crippen molar-refractivity contribution in [3.8, 4) is 0 Å². The van der Waals surface area contributed by atoms with Crippen molar-refractivity contribution in [3.05, 3.63) is 0 Å². The van der Waals surface area contributed by atoms with Gasteiger partial charge in [0, 0.05) is 51.4 Å². The van der Waals surface area contributed by atoms with E-state index in [1.165, 1.54) is 19.3 Å². The molecule has 1 unspecified atom stereocenters. The Morgan fingerprint density at radius 1 is 1.46 bits per heavy atom. The number of rotatable bonds is 6. The molecule has 0 fully saturated rings. The van der Waals surface area contributed by atoms with E-state index < -0.39 is 0 Å². The van der Waals surface area contributed by atoms with Crippen LogP contribution in [0.15, 0.2) is 0 Å². The third-order valence-electron chi connectivity index (χ3n) is 1.99. The third-order valence-corrected chi connectivity index (χ3v) is 2.23. The maximum Gasteiger partial charge on any atom is 0.216 e. The summed E-state index contributed by atoms with van der Waals surface area (Å²) in [7, 11) is 0. The second-order valence-electron chi connectivity index (χ2n) is 2.99. The molecule has 0 aromatic heterocycles. The first-order chi connectivity index (χ1) is 5.70. The molecule has 0 heterocycles. The van der Waals surface area contributed by atoms with Crippen molar-refractivity contribution in [2.45, 2.75) is 39.5 Å². The van der Waals surface area contributed by atoms with Gasteiger partial charge in [0.05, 0.1) is 6.61 Å². The largest absolute Gasteiger partial charge is 0.478 e. The molecule has 0 aliphatic carbocycles. The van der Waals surface area contributed by atoms with Crippen LogP contribution in [0.25, 0.3) is 0 Å². The van der Waals surface area contributed by atoms with E-state index in [9.17, 15) is 0 Å². The number of unbranched alkanes of at least 4 members (excludes halogenated alkanes) is 1. The molecule has 0 spiro atoms. The summed E-state index contributed by atoms with van der Waals surface area (Å²) in [6.07, 6.45) is 4.93. The van der Waals surface area contributed by atoms with Crippen molar-refractivity contribution < 1.29 is 4.74 Å². The molecule has 0 aromatic carbocycles. The zero-order valence-corrected chi connectivity index (χ0v) is 13.7. The minimum absolute atomic E-state index is 0. The minimum atomic E-state index is 0. The van der Waals surface area contributed by atoms with Gasteiger partial charge in [-0.05, 0) is 24.6 Å². The summed E-state index contributed by atoms with van der Waals surface area (Å²) >= 11 is 8.63. The normalized spacial score (nSPS) is 11.6. The van der Waals surface area contributed by atoms with Crippen LogP contribution in [0.4, 0.5) is 0 Å². The molecule has 0 rings (SSSR count). The van der Waals surface area contributed by atoms with E-state index in [-0.39, 0.29) is 51.4 Å². The molecule has 0 bridgehead atoms. The van der Waals surface area contributed by atoms with Crippen LogP contribution in [0.3, 0.4) is 0 Å². The van der Waals surface area contributed by atoms with Crippen molar-refractivity contribution in [2.24, 2.45) is 5.92 Å². The zero-order chi connectivity index (χ0) is 9.40. The number of thiol groups is 1. The number of hydrogen-bond donors (Lipinski definition) is 1. The molecular weight excluding hydrogens is 227 g/mol. The fourth-order valence-electron chi connectivity index (χ4n) is 1.09. The van der Waals surface area contributed by atoms with Crippen molar-refractivity contribution in [2.75, 3.05) is 6.61 Å². The Hall–Kier alpha value is 1.88.